The number of carbonyl (C=O) groups is 1. The second-order valence-electron chi connectivity index (χ2n) is 3.81. The van der Waals surface area contributed by atoms with Gasteiger partial charge in [0, 0.05) is 6.54 Å². The highest BCUT2D eigenvalue weighted by molar-refractivity contribution is 5.76. The molecule has 6 nitrogen and oxygen atoms in total. The van der Waals surface area contributed by atoms with Crippen LogP contribution in [-0.4, -0.2) is 57.3 Å². The standard InChI is InChI=1S/C8H17NO5/c1-7(4-10,5-11)9-3-8(2,14)6(12)13/h9-11,14H,3-5H2,1-2H3,(H,12,13). The van der Waals surface area contributed by atoms with Gasteiger partial charge in [-0.15, -0.1) is 0 Å². The average Bonchev–Trinajstić information content (AvgIpc) is 2.14. The summed E-state index contributed by atoms with van der Waals surface area (Å²) >= 11 is 0. The molecule has 0 aromatic heterocycles. The van der Waals surface area contributed by atoms with Gasteiger partial charge in [-0.1, -0.05) is 0 Å². The predicted octanol–water partition coefficient (Wildman–Crippen LogP) is -1.85. The molecule has 5 N–H and O–H groups in total. The van der Waals surface area contributed by atoms with E-state index in [0.29, 0.717) is 0 Å². The van der Waals surface area contributed by atoms with Crippen LogP contribution in [0, 0.1) is 0 Å². The Morgan fingerprint density at radius 2 is 1.71 bits per heavy atom. The molecule has 0 heterocycles. The second kappa shape index (κ2) is 4.70. The number of nitrogens with one attached hydrogen (secondary N) is 1. The van der Waals surface area contributed by atoms with Gasteiger partial charge < -0.3 is 25.7 Å². The number of rotatable bonds is 6. The van der Waals surface area contributed by atoms with Crippen LogP contribution in [0.3, 0.4) is 0 Å². The number of hydrogen-bond acceptors (Lipinski definition) is 5. The number of β-amino-alcohol motifs (C(OH)–C–C–N with tert-alkyl or cyclic N) is 1. The summed E-state index contributed by atoms with van der Waals surface area (Å²) in [5, 5.41) is 38.2. The Hall–Kier alpha value is -0.690. The number of carboxylic acid groups (broad SMARTS) is 1. The molecule has 0 aliphatic rings. The minimum absolute atomic E-state index is 0.250. The first-order chi connectivity index (χ1) is 6.27. The van der Waals surface area contributed by atoms with Crippen LogP contribution in [0.1, 0.15) is 13.8 Å². The fourth-order valence-corrected chi connectivity index (χ4v) is 0.623. The van der Waals surface area contributed by atoms with Crippen molar-refractivity contribution in [1.29, 1.82) is 0 Å². The first-order valence-corrected chi connectivity index (χ1v) is 4.20. The topological polar surface area (TPSA) is 110 Å². The zero-order valence-corrected chi connectivity index (χ0v) is 8.32. The Labute approximate surface area is 82.2 Å². The molecule has 0 rings (SSSR count). The number of hydrogen-bond donors (Lipinski definition) is 5. The van der Waals surface area contributed by atoms with Crippen LogP contribution >= 0.6 is 0 Å². The van der Waals surface area contributed by atoms with Gasteiger partial charge in [-0.05, 0) is 13.8 Å². The summed E-state index contributed by atoms with van der Waals surface area (Å²) in [5.74, 6) is -1.36. The monoisotopic (exact) mass is 207 g/mol. The highest BCUT2D eigenvalue weighted by Crippen LogP contribution is 2.06. The Morgan fingerprint density at radius 3 is 2.00 bits per heavy atom. The Bertz CT molecular complexity index is 200. The molecule has 1 atom stereocenters. The summed E-state index contributed by atoms with van der Waals surface area (Å²) in [6.45, 7) is 1.71. The molecule has 14 heavy (non-hydrogen) atoms. The molecule has 0 aliphatic heterocycles. The molecule has 0 amide bonds. The van der Waals surface area contributed by atoms with Gasteiger partial charge in [0.05, 0.1) is 18.8 Å². The predicted molar refractivity (Wildman–Crippen MR) is 48.8 cm³/mol. The quantitative estimate of drug-likeness (QED) is 0.350. The van der Waals surface area contributed by atoms with E-state index in [1.54, 1.807) is 0 Å². The third-order valence-corrected chi connectivity index (χ3v) is 2.02. The van der Waals surface area contributed by atoms with Crippen LogP contribution in [-0.2, 0) is 4.79 Å². The summed E-state index contributed by atoms with van der Waals surface area (Å²) in [6.07, 6.45) is 0. The van der Waals surface area contributed by atoms with E-state index in [1.165, 1.54) is 6.92 Å². The molecule has 0 saturated carbocycles. The zero-order valence-electron chi connectivity index (χ0n) is 8.32. The van der Waals surface area contributed by atoms with Crippen molar-refractivity contribution in [3.8, 4) is 0 Å². The lowest BCUT2D eigenvalue weighted by molar-refractivity contribution is -0.156. The summed E-state index contributed by atoms with van der Waals surface area (Å²) in [6, 6.07) is 0. The first kappa shape index (κ1) is 13.3. The van der Waals surface area contributed by atoms with Gasteiger partial charge in [-0.25, -0.2) is 4.79 Å². The molecule has 0 fully saturated rings. The minimum atomic E-state index is -1.91. The fourth-order valence-electron chi connectivity index (χ4n) is 0.623. The van der Waals surface area contributed by atoms with Crippen LogP contribution in [0.5, 0.6) is 0 Å². The third-order valence-electron chi connectivity index (χ3n) is 2.02. The minimum Gasteiger partial charge on any atom is -0.479 e. The van der Waals surface area contributed by atoms with Crippen molar-refractivity contribution >= 4 is 5.97 Å². The highest BCUT2D eigenvalue weighted by atomic mass is 16.4. The highest BCUT2D eigenvalue weighted by Gasteiger charge is 2.33. The summed E-state index contributed by atoms with van der Waals surface area (Å²) in [5.41, 5.74) is -2.90. The average molecular weight is 207 g/mol. The lowest BCUT2D eigenvalue weighted by atomic mass is 10.0. The van der Waals surface area contributed by atoms with E-state index in [9.17, 15) is 9.90 Å². The lowest BCUT2D eigenvalue weighted by Crippen LogP contribution is -2.56. The van der Waals surface area contributed by atoms with Gasteiger partial charge in [0.2, 0.25) is 0 Å². The summed E-state index contributed by atoms with van der Waals surface area (Å²) < 4.78 is 0. The van der Waals surface area contributed by atoms with Crippen molar-refractivity contribution in [2.45, 2.75) is 25.0 Å². The van der Waals surface area contributed by atoms with Crippen molar-refractivity contribution < 1.29 is 25.2 Å². The van der Waals surface area contributed by atoms with E-state index in [4.69, 9.17) is 15.3 Å². The smallest absolute Gasteiger partial charge is 0.336 e. The molecule has 6 heteroatoms. The second-order valence-corrected chi connectivity index (χ2v) is 3.81. The molecule has 0 radical (unpaired) electrons. The van der Waals surface area contributed by atoms with E-state index < -0.39 is 17.1 Å². The largest absolute Gasteiger partial charge is 0.479 e. The molecule has 0 aliphatic carbocycles. The van der Waals surface area contributed by atoms with Gasteiger partial charge in [0.15, 0.2) is 5.60 Å². The lowest BCUT2D eigenvalue weighted by Gasteiger charge is -2.29. The molecule has 0 bridgehead atoms. The molecule has 84 valence electrons. The SMILES string of the molecule is CC(CO)(CO)NCC(C)(O)C(=O)O. The van der Waals surface area contributed by atoms with Crippen LogP contribution in [0.4, 0.5) is 0 Å². The van der Waals surface area contributed by atoms with Crippen molar-refractivity contribution in [1.82, 2.24) is 5.32 Å². The van der Waals surface area contributed by atoms with Gasteiger partial charge in [-0.2, -0.15) is 0 Å². The van der Waals surface area contributed by atoms with Crippen molar-refractivity contribution in [2.24, 2.45) is 0 Å². The third kappa shape index (κ3) is 3.59. The molecule has 0 aromatic carbocycles. The maximum absolute atomic E-state index is 10.5. The molecular formula is C8H17NO5. The Balaban J connectivity index is 4.23. The normalized spacial score (nSPS) is 16.4. The summed E-state index contributed by atoms with van der Waals surface area (Å²) in [7, 11) is 0. The molecule has 1 unspecified atom stereocenters. The Kier molecular flexibility index (Phi) is 4.47. The van der Waals surface area contributed by atoms with E-state index in [2.05, 4.69) is 5.32 Å². The van der Waals surface area contributed by atoms with Crippen LogP contribution in [0.2, 0.25) is 0 Å². The van der Waals surface area contributed by atoms with Crippen LogP contribution < -0.4 is 5.32 Å². The van der Waals surface area contributed by atoms with Crippen LogP contribution in [0.15, 0.2) is 0 Å². The number of aliphatic hydroxyl groups is 3. The van der Waals surface area contributed by atoms with E-state index >= 15 is 0 Å². The van der Waals surface area contributed by atoms with E-state index in [0.717, 1.165) is 6.92 Å². The summed E-state index contributed by atoms with van der Waals surface area (Å²) in [4.78, 5) is 10.5. The molecular weight excluding hydrogens is 190 g/mol. The van der Waals surface area contributed by atoms with Crippen molar-refractivity contribution in [2.75, 3.05) is 19.8 Å². The van der Waals surface area contributed by atoms with Gasteiger partial charge in [0.1, 0.15) is 0 Å². The fraction of sp³-hybridized carbons (Fsp3) is 0.875. The zero-order chi connectivity index (χ0) is 11.4. The first-order valence-electron chi connectivity index (χ1n) is 4.20. The number of aliphatic carboxylic acids is 1. The van der Waals surface area contributed by atoms with Crippen LogP contribution in [0.25, 0.3) is 0 Å². The molecule has 0 saturated heterocycles. The maximum Gasteiger partial charge on any atom is 0.336 e. The van der Waals surface area contributed by atoms with Gasteiger partial charge in [-0.3, -0.25) is 0 Å². The van der Waals surface area contributed by atoms with Crippen molar-refractivity contribution in [3.63, 3.8) is 0 Å². The number of carboxylic acids is 1. The van der Waals surface area contributed by atoms with E-state index in [-0.39, 0.29) is 19.8 Å². The molecule has 0 spiro atoms. The number of aliphatic hydroxyl groups excluding tert-OH is 2. The molecule has 0 aromatic rings. The van der Waals surface area contributed by atoms with E-state index in [1.807, 2.05) is 0 Å². The Morgan fingerprint density at radius 1 is 1.29 bits per heavy atom. The maximum atomic E-state index is 10.5. The van der Waals surface area contributed by atoms with Gasteiger partial charge in [0.25, 0.3) is 0 Å². The van der Waals surface area contributed by atoms with Crippen molar-refractivity contribution in [3.05, 3.63) is 0 Å². The van der Waals surface area contributed by atoms with Gasteiger partial charge >= 0.3 is 5.97 Å².